The Hall–Kier alpha value is -1.84. The molecule has 0 bridgehead atoms. The molecule has 1 aliphatic heterocycles. The topological polar surface area (TPSA) is 49.4 Å². The van der Waals surface area contributed by atoms with Gasteiger partial charge >= 0.3 is 0 Å². The highest BCUT2D eigenvalue weighted by Gasteiger charge is 2.43. The van der Waals surface area contributed by atoms with Crippen molar-refractivity contribution in [3.63, 3.8) is 0 Å². The fraction of sp³-hybridized carbons (Fsp3) is 0.500. The molecule has 2 rings (SSSR count). The fourth-order valence-electron chi connectivity index (χ4n) is 2.78. The highest BCUT2D eigenvalue weighted by molar-refractivity contribution is 5.94. The molecule has 1 fully saturated rings. The summed E-state index contributed by atoms with van der Waals surface area (Å²) in [6.45, 7) is 6.45. The molecule has 1 N–H and O–H groups in total. The van der Waals surface area contributed by atoms with Gasteiger partial charge in [-0.05, 0) is 25.8 Å². The van der Waals surface area contributed by atoms with Gasteiger partial charge < -0.3 is 10.2 Å². The summed E-state index contributed by atoms with van der Waals surface area (Å²) < 4.78 is 0. The van der Waals surface area contributed by atoms with Crippen molar-refractivity contribution in [2.24, 2.45) is 0 Å². The second kappa shape index (κ2) is 5.65. The highest BCUT2D eigenvalue weighted by atomic mass is 16.2. The highest BCUT2D eigenvalue weighted by Crippen LogP contribution is 2.27. The first-order chi connectivity index (χ1) is 9.49. The molecule has 1 saturated heterocycles. The predicted octanol–water partition coefficient (Wildman–Crippen LogP) is 2.05. The summed E-state index contributed by atoms with van der Waals surface area (Å²) in [5.74, 6) is -0.0975. The van der Waals surface area contributed by atoms with Gasteiger partial charge in [-0.3, -0.25) is 9.59 Å². The Morgan fingerprint density at radius 3 is 2.55 bits per heavy atom. The van der Waals surface area contributed by atoms with Gasteiger partial charge in [0.2, 0.25) is 5.91 Å². The quantitative estimate of drug-likeness (QED) is 0.917. The zero-order valence-corrected chi connectivity index (χ0v) is 12.3. The Morgan fingerprint density at radius 1 is 1.30 bits per heavy atom. The van der Waals surface area contributed by atoms with Crippen molar-refractivity contribution in [2.45, 2.75) is 45.2 Å². The van der Waals surface area contributed by atoms with E-state index in [1.54, 1.807) is 6.92 Å². The van der Waals surface area contributed by atoms with Crippen LogP contribution in [0.2, 0.25) is 0 Å². The number of rotatable bonds is 3. The second-order valence-electron chi connectivity index (χ2n) is 5.59. The van der Waals surface area contributed by atoms with E-state index in [-0.39, 0.29) is 17.9 Å². The molecular weight excluding hydrogens is 252 g/mol. The molecule has 1 aromatic carbocycles. The van der Waals surface area contributed by atoms with Crippen LogP contribution in [0.25, 0.3) is 0 Å². The molecule has 0 radical (unpaired) electrons. The molecule has 1 aliphatic rings. The Labute approximate surface area is 120 Å². The van der Waals surface area contributed by atoms with Crippen LogP contribution in [-0.2, 0) is 15.1 Å². The maximum Gasteiger partial charge on any atom is 0.252 e. The third-order valence-corrected chi connectivity index (χ3v) is 3.91. The number of hydrogen-bond acceptors (Lipinski definition) is 2. The number of benzene rings is 1. The maximum absolute atomic E-state index is 12.9. The van der Waals surface area contributed by atoms with Crippen LogP contribution in [0.5, 0.6) is 0 Å². The summed E-state index contributed by atoms with van der Waals surface area (Å²) >= 11 is 0. The summed E-state index contributed by atoms with van der Waals surface area (Å²) in [4.78, 5) is 26.8. The van der Waals surface area contributed by atoms with E-state index in [0.717, 1.165) is 12.0 Å². The summed E-state index contributed by atoms with van der Waals surface area (Å²) in [5, 5.41) is 2.91. The van der Waals surface area contributed by atoms with Crippen molar-refractivity contribution in [2.75, 3.05) is 6.54 Å². The van der Waals surface area contributed by atoms with Crippen molar-refractivity contribution in [3.8, 4) is 0 Å². The van der Waals surface area contributed by atoms with Gasteiger partial charge in [-0.25, -0.2) is 0 Å². The molecule has 0 aliphatic carbocycles. The van der Waals surface area contributed by atoms with Crippen LogP contribution in [0.3, 0.4) is 0 Å². The maximum atomic E-state index is 12.9. The van der Waals surface area contributed by atoms with Gasteiger partial charge in [0, 0.05) is 19.0 Å². The molecular formula is C16H22N2O2. The smallest absolute Gasteiger partial charge is 0.252 e. The molecule has 20 heavy (non-hydrogen) atoms. The first-order valence-electron chi connectivity index (χ1n) is 7.16. The van der Waals surface area contributed by atoms with E-state index in [0.29, 0.717) is 13.0 Å². The van der Waals surface area contributed by atoms with Gasteiger partial charge in [-0.2, -0.15) is 0 Å². The minimum absolute atomic E-state index is 0.0242. The summed E-state index contributed by atoms with van der Waals surface area (Å²) in [6.07, 6.45) is 1.24. The van der Waals surface area contributed by atoms with Crippen LogP contribution in [-0.4, -0.2) is 29.3 Å². The van der Waals surface area contributed by atoms with Crippen molar-refractivity contribution < 1.29 is 9.59 Å². The van der Waals surface area contributed by atoms with Gasteiger partial charge in [-0.15, -0.1) is 0 Å². The first kappa shape index (κ1) is 14.6. The van der Waals surface area contributed by atoms with E-state index >= 15 is 0 Å². The zero-order valence-electron chi connectivity index (χ0n) is 12.3. The second-order valence-corrected chi connectivity index (χ2v) is 5.59. The number of carbonyl (C=O) groups excluding carboxylic acids is 2. The minimum atomic E-state index is -0.974. The standard InChI is InChI=1S/C16H22N2O2/c1-4-10-18-12(2)11-14(19)17-16(3,15(18)20)13-8-6-5-7-9-13/h5-9,12H,4,10-11H2,1-3H3,(H,17,19). The average Bonchev–Trinajstić information content (AvgIpc) is 2.51. The molecule has 2 unspecified atom stereocenters. The van der Waals surface area contributed by atoms with Crippen molar-refractivity contribution in [1.29, 1.82) is 0 Å². The van der Waals surface area contributed by atoms with Crippen LogP contribution in [0, 0.1) is 0 Å². The van der Waals surface area contributed by atoms with E-state index in [1.807, 2.05) is 49.1 Å². The summed E-state index contributed by atoms with van der Waals surface area (Å²) in [7, 11) is 0. The van der Waals surface area contributed by atoms with Gasteiger partial charge in [0.1, 0.15) is 5.54 Å². The molecule has 108 valence electrons. The molecule has 1 heterocycles. The average molecular weight is 274 g/mol. The molecule has 2 atom stereocenters. The summed E-state index contributed by atoms with van der Waals surface area (Å²) in [5.41, 5.74) is -0.147. The van der Waals surface area contributed by atoms with Gasteiger partial charge in [0.15, 0.2) is 0 Å². The van der Waals surface area contributed by atoms with Gasteiger partial charge in [-0.1, -0.05) is 37.3 Å². The lowest BCUT2D eigenvalue weighted by Gasteiger charge is -2.34. The Balaban J connectivity index is 2.44. The van der Waals surface area contributed by atoms with Gasteiger partial charge in [0.05, 0.1) is 0 Å². The summed E-state index contributed by atoms with van der Waals surface area (Å²) in [6, 6.07) is 9.39. The van der Waals surface area contributed by atoms with E-state index in [1.165, 1.54) is 0 Å². The zero-order chi connectivity index (χ0) is 14.8. The Morgan fingerprint density at radius 2 is 1.95 bits per heavy atom. The molecule has 0 saturated carbocycles. The SMILES string of the molecule is CCCN1C(=O)C(C)(c2ccccc2)NC(=O)CC1C. The van der Waals surface area contributed by atoms with E-state index < -0.39 is 5.54 Å². The largest absolute Gasteiger partial charge is 0.338 e. The first-order valence-corrected chi connectivity index (χ1v) is 7.16. The van der Waals surface area contributed by atoms with Crippen LogP contribution in [0.1, 0.15) is 39.2 Å². The van der Waals surface area contributed by atoms with E-state index in [4.69, 9.17) is 0 Å². The lowest BCUT2D eigenvalue weighted by molar-refractivity contribution is -0.139. The molecule has 2 amide bonds. The molecule has 0 aromatic heterocycles. The van der Waals surface area contributed by atoms with E-state index in [2.05, 4.69) is 5.32 Å². The van der Waals surface area contributed by atoms with Gasteiger partial charge in [0.25, 0.3) is 5.91 Å². The van der Waals surface area contributed by atoms with Crippen LogP contribution in [0.4, 0.5) is 0 Å². The molecule has 4 heteroatoms. The molecule has 1 aromatic rings. The number of nitrogens with zero attached hydrogens (tertiary/aromatic N) is 1. The molecule has 4 nitrogen and oxygen atoms in total. The fourth-order valence-corrected chi connectivity index (χ4v) is 2.78. The monoisotopic (exact) mass is 274 g/mol. The predicted molar refractivity (Wildman–Crippen MR) is 78.0 cm³/mol. The number of amides is 2. The Bertz CT molecular complexity index is 500. The minimum Gasteiger partial charge on any atom is -0.338 e. The lowest BCUT2D eigenvalue weighted by Crippen LogP contribution is -2.53. The molecule has 0 spiro atoms. The van der Waals surface area contributed by atoms with Crippen LogP contribution in [0.15, 0.2) is 30.3 Å². The third kappa shape index (κ3) is 2.55. The van der Waals surface area contributed by atoms with Crippen molar-refractivity contribution >= 4 is 11.8 Å². The van der Waals surface area contributed by atoms with Crippen molar-refractivity contribution in [3.05, 3.63) is 35.9 Å². The number of hydrogen-bond donors (Lipinski definition) is 1. The van der Waals surface area contributed by atoms with Crippen LogP contribution < -0.4 is 5.32 Å². The number of carbonyl (C=O) groups is 2. The normalized spacial score (nSPS) is 27.1. The Kier molecular flexibility index (Phi) is 4.12. The third-order valence-electron chi connectivity index (χ3n) is 3.91. The van der Waals surface area contributed by atoms with E-state index in [9.17, 15) is 9.59 Å². The van der Waals surface area contributed by atoms with Crippen molar-refractivity contribution in [1.82, 2.24) is 10.2 Å². The van der Waals surface area contributed by atoms with Crippen LogP contribution >= 0.6 is 0 Å². The lowest BCUT2D eigenvalue weighted by atomic mass is 9.90. The number of nitrogens with one attached hydrogen (secondary N) is 1.